The number of nitrogens with one attached hydrogen (secondary N) is 2. The van der Waals surface area contributed by atoms with Crippen molar-refractivity contribution in [3.63, 3.8) is 0 Å². The van der Waals surface area contributed by atoms with Crippen molar-refractivity contribution in [2.45, 2.75) is 84.5 Å². The molecule has 3 N–H and O–H groups in total. The molecule has 0 radical (unpaired) electrons. The van der Waals surface area contributed by atoms with Gasteiger partial charge in [-0.15, -0.1) is 0 Å². The van der Waals surface area contributed by atoms with Crippen LogP contribution in [0, 0.1) is 12.3 Å². The zero-order chi connectivity index (χ0) is 20.9. The number of phenols is 1. The molecule has 158 valence electrons. The molecule has 1 aromatic rings. The Morgan fingerprint density at radius 2 is 1.52 bits per heavy atom. The molecule has 0 saturated carbocycles. The van der Waals surface area contributed by atoms with Crippen molar-refractivity contribution in [1.29, 1.82) is 5.41 Å². The minimum Gasteiger partial charge on any atom is -0.505 e. The molecular weight excluding hydrogens is 358 g/mol. The largest absolute Gasteiger partial charge is 0.505 e. The summed E-state index contributed by atoms with van der Waals surface area (Å²) < 4.78 is 0. The Morgan fingerprint density at radius 3 is 2.17 bits per heavy atom. The molecule has 0 unspecified atom stereocenters. The van der Waals surface area contributed by atoms with E-state index in [0.717, 1.165) is 24.0 Å². The molecule has 0 saturated heterocycles. The lowest BCUT2D eigenvalue weighted by Gasteiger charge is -2.12. The Labute approximate surface area is 176 Å². The fourth-order valence-corrected chi connectivity index (χ4v) is 3.62. The van der Waals surface area contributed by atoms with Crippen molar-refractivity contribution in [3.05, 3.63) is 47.6 Å². The number of anilines is 1. The molecule has 4 nitrogen and oxygen atoms in total. The van der Waals surface area contributed by atoms with Gasteiger partial charge in [-0.1, -0.05) is 82.9 Å². The van der Waals surface area contributed by atoms with Gasteiger partial charge in [-0.25, -0.2) is 0 Å². The first-order valence-corrected chi connectivity index (χ1v) is 11.2. The van der Waals surface area contributed by atoms with Crippen LogP contribution in [0.4, 0.5) is 5.69 Å². The smallest absolute Gasteiger partial charge is 0.143 e. The van der Waals surface area contributed by atoms with Crippen LogP contribution in [0.3, 0.4) is 0 Å². The van der Waals surface area contributed by atoms with Crippen LogP contribution >= 0.6 is 0 Å². The highest BCUT2D eigenvalue weighted by atomic mass is 16.3. The number of phenolic OH excluding ortho intramolecular Hbond substituents is 1. The fraction of sp³-hybridized carbons (Fsp3) is 0.520. The average Bonchev–Trinajstić information content (AvgIpc) is 2.71. The number of hydrazone groups is 1. The van der Waals surface area contributed by atoms with Crippen LogP contribution in [-0.4, -0.2) is 16.5 Å². The number of nitrogens with zero attached hydrogens (tertiary/aromatic N) is 1. The highest BCUT2D eigenvalue weighted by molar-refractivity contribution is 6.50. The van der Waals surface area contributed by atoms with E-state index in [1.165, 1.54) is 57.8 Å². The van der Waals surface area contributed by atoms with E-state index in [4.69, 9.17) is 5.41 Å². The Kier molecular flexibility index (Phi) is 10.3. The van der Waals surface area contributed by atoms with E-state index >= 15 is 0 Å². The number of aryl methyl sites for hydroxylation is 2. The minimum atomic E-state index is 0.276. The predicted octanol–water partition coefficient (Wildman–Crippen LogP) is 7.08. The molecule has 0 spiro atoms. The molecule has 29 heavy (non-hydrogen) atoms. The van der Waals surface area contributed by atoms with Crippen LogP contribution < -0.4 is 5.43 Å². The second-order valence-electron chi connectivity index (χ2n) is 7.99. The molecule has 0 amide bonds. The van der Waals surface area contributed by atoms with Gasteiger partial charge in [0.25, 0.3) is 0 Å². The first-order valence-electron chi connectivity index (χ1n) is 11.2. The molecule has 0 atom stereocenters. The van der Waals surface area contributed by atoms with Crippen molar-refractivity contribution in [3.8, 4) is 5.75 Å². The zero-order valence-electron chi connectivity index (χ0n) is 18.1. The number of hydrogen-bond donors (Lipinski definition) is 3. The molecule has 1 aliphatic rings. The molecule has 0 heterocycles. The molecule has 4 heteroatoms. The first-order chi connectivity index (χ1) is 14.1. The summed E-state index contributed by atoms with van der Waals surface area (Å²) in [7, 11) is 0. The van der Waals surface area contributed by atoms with Gasteiger partial charge in [0.1, 0.15) is 11.5 Å². The van der Waals surface area contributed by atoms with Crippen LogP contribution in [-0.2, 0) is 6.42 Å². The van der Waals surface area contributed by atoms with Gasteiger partial charge < -0.3 is 5.11 Å². The van der Waals surface area contributed by atoms with E-state index in [-0.39, 0.29) is 5.75 Å². The van der Waals surface area contributed by atoms with Crippen LogP contribution in [0.2, 0.25) is 0 Å². The highest BCUT2D eigenvalue weighted by Crippen LogP contribution is 2.31. The highest BCUT2D eigenvalue weighted by Gasteiger charge is 2.10. The van der Waals surface area contributed by atoms with Crippen LogP contribution in [0.25, 0.3) is 0 Å². The fourth-order valence-electron chi connectivity index (χ4n) is 3.62. The van der Waals surface area contributed by atoms with Gasteiger partial charge in [0.05, 0.1) is 11.4 Å². The summed E-state index contributed by atoms with van der Waals surface area (Å²) in [6.45, 7) is 4.29. The van der Waals surface area contributed by atoms with Crippen LogP contribution in [0.1, 0.15) is 82.3 Å². The first kappa shape index (κ1) is 22.9. The monoisotopic (exact) mass is 395 g/mol. The van der Waals surface area contributed by atoms with Gasteiger partial charge in [0.2, 0.25) is 0 Å². The van der Waals surface area contributed by atoms with Gasteiger partial charge in [-0.3, -0.25) is 10.8 Å². The van der Waals surface area contributed by atoms with Crippen molar-refractivity contribution in [2.75, 3.05) is 5.43 Å². The summed E-state index contributed by atoms with van der Waals surface area (Å²) in [5.74, 6) is 0.276. The summed E-state index contributed by atoms with van der Waals surface area (Å²) in [5.41, 5.74) is 6.54. The molecule has 2 rings (SSSR count). The minimum absolute atomic E-state index is 0.276. The SMILES string of the molecule is CCCCCCCCCCCCc1cc(C)cc(N/N=C2/C=CC=CC2=N)c1O. The number of rotatable bonds is 13. The Hall–Kier alpha value is -2.36. The number of aromatic hydroxyl groups is 1. The molecule has 0 fully saturated rings. The van der Waals surface area contributed by atoms with E-state index < -0.39 is 0 Å². The number of benzene rings is 1. The van der Waals surface area contributed by atoms with Crippen molar-refractivity contribution in [2.24, 2.45) is 5.10 Å². The molecule has 0 aromatic heterocycles. The maximum absolute atomic E-state index is 10.6. The molecule has 0 aliphatic heterocycles. The maximum Gasteiger partial charge on any atom is 0.143 e. The summed E-state index contributed by atoms with van der Waals surface area (Å²) in [6.07, 6.45) is 21.1. The molecule has 1 aliphatic carbocycles. The quantitative estimate of drug-likeness (QED) is 0.145. The van der Waals surface area contributed by atoms with Gasteiger partial charge in [0.15, 0.2) is 0 Å². The third-order valence-electron chi connectivity index (χ3n) is 5.33. The van der Waals surface area contributed by atoms with Crippen molar-refractivity contribution < 1.29 is 5.11 Å². The maximum atomic E-state index is 10.6. The third-order valence-corrected chi connectivity index (χ3v) is 5.33. The molecule has 1 aromatic carbocycles. The zero-order valence-corrected chi connectivity index (χ0v) is 18.1. The average molecular weight is 396 g/mol. The Bertz CT molecular complexity index is 747. The van der Waals surface area contributed by atoms with Crippen molar-refractivity contribution >= 4 is 17.1 Å². The van der Waals surface area contributed by atoms with E-state index in [1.54, 1.807) is 12.2 Å². The third kappa shape index (κ3) is 8.26. The second-order valence-corrected chi connectivity index (χ2v) is 7.99. The van der Waals surface area contributed by atoms with Crippen LogP contribution in [0.15, 0.2) is 41.5 Å². The van der Waals surface area contributed by atoms with Crippen molar-refractivity contribution in [1.82, 2.24) is 0 Å². The lowest BCUT2D eigenvalue weighted by molar-refractivity contribution is 0.467. The summed E-state index contributed by atoms with van der Waals surface area (Å²) in [4.78, 5) is 0. The van der Waals surface area contributed by atoms with Gasteiger partial charge in [-0.05, 0) is 49.1 Å². The lowest BCUT2D eigenvalue weighted by atomic mass is 10.0. The summed E-state index contributed by atoms with van der Waals surface area (Å²) in [5, 5.41) is 22.8. The van der Waals surface area contributed by atoms with Gasteiger partial charge >= 0.3 is 0 Å². The number of hydrogen-bond acceptors (Lipinski definition) is 4. The molecule has 0 bridgehead atoms. The predicted molar refractivity (Wildman–Crippen MR) is 125 cm³/mol. The van der Waals surface area contributed by atoms with Crippen LogP contribution in [0.5, 0.6) is 5.75 Å². The normalized spacial score (nSPS) is 14.7. The number of unbranched alkanes of at least 4 members (excludes halogenated alkanes) is 9. The standard InChI is InChI=1S/C25H37N3O/c1-3-4-5-6-7-8-9-10-11-12-15-21-18-20(2)19-24(25(21)29)28-27-23-17-14-13-16-22(23)26/h13-14,16-19,26,28-29H,3-12,15H2,1-2H3/b26-22?,27-23-. The van der Waals surface area contributed by atoms with Gasteiger partial charge in [-0.2, -0.15) is 5.10 Å². The van der Waals surface area contributed by atoms with E-state index in [2.05, 4.69) is 23.5 Å². The molecular formula is C25H37N3O. The summed E-state index contributed by atoms with van der Waals surface area (Å²) >= 11 is 0. The van der Waals surface area contributed by atoms with E-state index in [0.29, 0.717) is 17.1 Å². The second kappa shape index (κ2) is 13.0. The Morgan fingerprint density at radius 1 is 0.897 bits per heavy atom. The summed E-state index contributed by atoms with van der Waals surface area (Å²) in [6, 6.07) is 3.96. The number of allylic oxidation sites excluding steroid dienone is 4. The van der Waals surface area contributed by atoms with E-state index in [9.17, 15) is 5.11 Å². The van der Waals surface area contributed by atoms with E-state index in [1.807, 2.05) is 25.1 Å². The van der Waals surface area contributed by atoms with Gasteiger partial charge in [0, 0.05) is 0 Å². The Balaban J connectivity index is 1.77. The lowest BCUT2D eigenvalue weighted by Crippen LogP contribution is -2.12. The topological polar surface area (TPSA) is 68.5 Å².